The Labute approximate surface area is 105 Å². The molecule has 17 heavy (non-hydrogen) atoms. The van der Waals surface area contributed by atoms with Gasteiger partial charge in [-0.3, -0.25) is 0 Å². The largest absolute Gasteiger partial charge is 0.494 e. The van der Waals surface area contributed by atoms with Crippen LogP contribution in [-0.4, -0.2) is 32.5 Å². The van der Waals surface area contributed by atoms with Gasteiger partial charge in [-0.15, -0.1) is 0 Å². The number of benzene rings is 1. The van der Waals surface area contributed by atoms with E-state index in [9.17, 15) is 4.39 Å². The fourth-order valence-corrected chi connectivity index (χ4v) is 1.41. The summed E-state index contributed by atoms with van der Waals surface area (Å²) in [6.07, 6.45) is 0. The summed E-state index contributed by atoms with van der Waals surface area (Å²) in [6, 6.07) is 4.20. The highest BCUT2D eigenvalue weighted by molar-refractivity contribution is 7.80. The smallest absolute Gasteiger partial charge is 0.170 e. The first-order chi connectivity index (χ1) is 8.17. The van der Waals surface area contributed by atoms with Gasteiger partial charge in [0.05, 0.1) is 19.4 Å². The molecule has 1 aromatic rings. The Bertz CT molecular complexity index is 388. The Morgan fingerprint density at radius 1 is 1.41 bits per heavy atom. The summed E-state index contributed by atoms with van der Waals surface area (Å²) < 4.78 is 22.9. The lowest BCUT2D eigenvalue weighted by Gasteiger charge is -2.13. The van der Waals surface area contributed by atoms with Crippen LogP contribution in [0.5, 0.6) is 5.75 Å². The SMILES string of the molecule is COCCNC(=S)Nc1ccc(F)cc1OC. The molecule has 1 rings (SSSR count). The van der Waals surface area contributed by atoms with Crippen molar-refractivity contribution in [2.75, 3.05) is 32.7 Å². The first-order valence-electron chi connectivity index (χ1n) is 5.04. The zero-order chi connectivity index (χ0) is 12.7. The molecule has 0 unspecified atom stereocenters. The van der Waals surface area contributed by atoms with Crippen molar-refractivity contribution in [2.45, 2.75) is 0 Å². The third-order valence-corrected chi connectivity index (χ3v) is 2.25. The molecule has 1 aromatic carbocycles. The Kier molecular flexibility index (Phi) is 5.65. The van der Waals surface area contributed by atoms with Crippen LogP contribution in [0.15, 0.2) is 18.2 Å². The van der Waals surface area contributed by atoms with E-state index < -0.39 is 0 Å². The number of thiocarbonyl (C=S) groups is 1. The maximum absolute atomic E-state index is 12.9. The van der Waals surface area contributed by atoms with Gasteiger partial charge in [-0.25, -0.2) is 4.39 Å². The molecule has 0 aliphatic rings. The van der Waals surface area contributed by atoms with Gasteiger partial charge < -0.3 is 20.1 Å². The second kappa shape index (κ2) is 7.03. The molecule has 0 radical (unpaired) electrons. The van der Waals surface area contributed by atoms with Crippen LogP contribution >= 0.6 is 12.2 Å². The van der Waals surface area contributed by atoms with Gasteiger partial charge in [0, 0.05) is 19.7 Å². The van der Waals surface area contributed by atoms with E-state index in [1.807, 2.05) is 0 Å². The Hall–Kier alpha value is -1.40. The van der Waals surface area contributed by atoms with Crippen molar-refractivity contribution in [3.05, 3.63) is 24.0 Å². The minimum Gasteiger partial charge on any atom is -0.494 e. The van der Waals surface area contributed by atoms with E-state index in [4.69, 9.17) is 21.7 Å². The van der Waals surface area contributed by atoms with Gasteiger partial charge in [0.15, 0.2) is 5.11 Å². The summed E-state index contributed by atoms with van der Waals surface area (Å²) in [6.45, 7) is 1.16. The molecule has 0 saturated carbocycles. The summed E-state index contributed by atoms with van der Waals surface area (Å²) in [5, 5.41) is 6.30. The molecule has 4 nitrogen and oxygen atoms in total. The van der Waals surface area contributed by atoms with Crippen molar-refractivity contribution in [1.82, 2.24) is 5.32 Å². The van der Waals surface area contributed by atoms with Gasteiger partial charge in [-0.2, -0.15) is 0 Å². The highest BCUT2D eigenvalue weighted by atomic mass is 32.1. The van der Waals surface area contributed by atoms with Gasteiger partial charge in [-0.1, -0.05) is 0 Å². The summed E-state index contributed by atoms with van der Waals surface area (Å²) >= 11 is 5.06. The Morgan fingerprint density at radius 2 is 2.18 bits per heavy atom. The van der Waals surface area contributed by atoms with Crippen molar-refractivity contribution in [1.29, 1.82) is 0 Å². The molecule has 0 bridgehead atoms. The van der Waals surface area contributed by atoms with E-state index in [0.717, 1.165) is 0 Å². The molecule has 0 amide bonds. The summed E-state index contributed by atoms with van der Waals surface area (Å²) in [5.74, 6) is 0.0477. The fraction of sp³-hybridized carbons (Fsp3) is 0.364. The second-order valence-corrected chi connectivity index (χ2v) is 3.63. The fourth-order valence-electron chi connectivity index (χ4n) is 1.20. The molecule has 0 aliphatic heterocycles. The van der Waals surface area contributed by atoms with Gasteiger partial charge >= 0.3 is 0 Å². The lowest BCUT2D eigenvalue weighted by molar-refractivity contribution is 0.204. The second-order valence-electron chi connectivity index (χ2n) is 3.22. The quantitative estimate of drug-likeness (QED) is 0.622. The molecule has 94 valence electrons. The predicted molar refractivity (Wildman–Crippen MR) is 69.1 cm³/mol. The van der Waals surface area contributed by atoms with Gasteiger partial charge in [0.1, 0.15) is 11.6 Å². The molecular weight excluding hydrogens is 243 g/mol. The normalized spacial score (nSPS) is 9.82. The van der Waals surface area contributed by atoms with Crippen molar-refractivity contribution in [3.8, 4) is 5.75 Å². The zero-order valence-corrected chi connectivity index (χ0v) is 10.6. The number of hydrogen-bond acceptors (Lipinski definition) is 3. The average molecular weight is 258 g/mol. The standard InChI is InChI=1S/C11H15FN2O2S/c1-15-6-5-13-11(17)14-9-4-3-8(12)7-10(9)16-2/h3-4,7H,5-6H2,1-2H3,(H2,13,14,17). The van der Waals surface area contributed by atoms with Crippen molar-refractivity contribution in [2.24, 2.45) is 0 Å². The maximum atomic E-state index is 12.9. The van der Waals surface area contributed by atoms with Crippen LogP contribution in [0.2, 0.25) is 0 Å². The molecule has 0 heterocycles. The number of ether oxygens (including phenoxy) is 2. The molecule has 0 spiro atoms. The van der Waals surface area contributed by atoms with Crippen LogP contribution in [-0.2, 0) is 4.74 Å². The molecule has 0 aromatic heterocycles. The lowest BCUT2D eigenvalue weighted by Crippen LogP contribution is -2.31. The molecule has 0 fully saturated rings. The monoisotopic (exact) mass is 258 g/mol. The number of nitrogens with one attached hydrogen (secondary N) is 2. The van der Waals surface area contributed by atoms with Crippen LogP contribution in [0.25, 0.3) is 0 Å². The number of rotatable bonds is 5. The third-order valence-electron chi connectivity index (χ3n) is 2.00. The minimum atomic E-state index is -0.356. The summed E-state index contributed by atoms with van der Waals surface area (Å²) in [5.41, 5.74) is 0.615. The molecular formula is C11H15FN2O2S. The van der Waals surface area contributed by atoms with Crippen LogP contribution < -0.4 is 15.4 Å². The highest BCUT2D eigenvalue weighted by Crippen LogP contribution is 2.24. The average Bonchev–Trinajstić information content (AvgIpc) is 2.32. The lowest BCUT2D eigenvalue weighted by atomic mass is 10.3. The molecule has 0 atom stereocenters. The third kappa shape index (κ3) is 4.54. The van der Waals surface area contributed by atoms with E-state index in [1.165, 1.54) is 19.2 Å². The maximum Gasteiger partial charge on any atom is 0.170 e. The predicted octanol–water partition coefficient (Wildman–Crippen LogP) is 1.77. The highest BCUT2D eigenvalue weighted by Gasteiger charge is 2.05. The van der Waals surface area contributed by atoms with E-state index in [1.54, 1.807) is 13.2 Å². The Balaban J connectivity index is 2.58. The topological polar surface area (TPSA) is 42.5 Å². The zero-order valence-electron chi connectivity index (χ0n) is 9.75. The number of hydrogen-bond donors (Lipinski definition) is 2. The van der Waals surface area contributed by atoms with Crippen molar-refractivity contribution in [3.63, 3.8) is 0 Å². The van der Waals surface area contributed by atoms with E-state index in [0.29, 0.717) is 29.7 Å². The first kappa shape index (κ1) is 13.7. The van der Waals surface area contributed by atoms with E-state index in [2.05, 4.69) is 10.6 Å². The molecule has 0 aliphatic carbocycles. The van der Waals surface area contributed by atoms with Gasteiger partial charge in [0.25, 0.3) is 0 Å². The molecule has 2 N–H and O–H groups in total. The van der Waals surface area contributed by atoms with Crippen molar-refractivity contribution < 1.29 is 13.9 Å². The van der Waals surface area contributed by atoms with Crippen LogP contribution in [0.1, 0.15) is 0 Å². The van der Waals surface area contributed by atoms with Crippen LogP contribution in [0.4, 0.5) is 10.1 Å². The van der Waals surface area contributed by atoms with E-state index in [-0.39, 0.29) is 5.82 Å². The van der Waals surface area contributed by atoms with Crippen LogP contribution in [0, 0.1) is 5.82 Å². The first-order valence-corrected chi connectivity index (χ1v) is 5.45. The Morgan fingerprint density at radius 3 is 2.82 bits per heavy atom. The summed E-state index contributed by atoms with van der Waals surface area (Å²) in [4.78, 5) is 0. The van der Waals surface area contributed by atoms with Crippen LogP contribution in [0.3, 0.4) is 0 Å². The number of anilines is 1. The number of halogens is 1. The number of methoxy groups -OCH3 is 2. The van der Waals surface area contributed by atoms with Crippen molar-refractivity contribution >= 4 is 23.0 Å². The van der Waals surface area contributed by atoms with Gasteiger partial charge in [0.2, 0.25) is 0 Å². The molecule has 6 heteroatoms. The van der Waals surface area contributed by atoms with Gasteiger partial charge in [-0.05, 0) is 24.4 Å². The minimum absolute atomic E-state index is 0.356. The molecule has 0 saturated heterocycles. The van der Waals surface area contributed by atoms with E-state index >= 15 is 0 Å². The summed E-state index contributed by atoms with van der Waals surface area (Å²) in [7, 11) is 3.09.